The molecule has 0 aromatic heterocycles. The van der Waals surface area contributed by atoms with E-state index in [1.54, 1.807) is 0 Å². The number of benzene rings is 1. The Kier molecular flexibility index (Phi) is 7.63. The maximum absolute atomic E-state index is 13.0. The molecule has 8 nitrogen and oxygen atoms in total. The lowest BCUT2D eigenvalue weighted by atomic mass is 9.95. The van der Waals surface area contributed by atoms with Crippen molar-refractivity contribution in [2.45, 2.75) is 32.2 Å². The third kappa shape index (κ3) is 5.79. The zero-order chi connectivity index (χ0) is 22.3. The van der Waals surface area contributed by atoms with Crippen LogP contribution in [0.4, 0.5) is 4.79 Å². The van der Waals surface area contributed by atoms with Gasteiger partial charge in [0.15, 0.2) is 0 Å². The summed E-state index contributed by atoms with van der Waals surface area (Å²) in [5, 5.41) is 2.97. The fourth-order valence-electron chi connectivity index (χ4n) is 4.87. The number of nitrogens with one attached hydrogen (secondary N) is 1. The zero-order valence-electron chi connectivity index (χ0n) is 18.9. The highest BCUT2D eigenvalue weighted by molar-refractivity contribution is 5.80. The molecule has 32 heavy (non-hydrogen) atoms. The van der Waals surface area contributed by atoms with Gasteiger partial charge in [-0.2, -0.15) is 0 Å². The fraction of sp³-hybridized carbons (Fsp3) is 0.625. The summed E-state index contributed by atoms with van der Waals surface area (Å²) in [6, 6.07) is 10.0. The fourth-order valence-corrected chi connectivity index (χ4v) is 4.87. The van der Waals surface area contributed by atoms with Gasteiger partial charge in [0.05, 0.1) is 6.54 Å². The van der Waals surface area contributed by atoms with E-state index in [0.717, 1.165) is 57.4 Å². The van der Waals surface area contributed by atoms with Crippen molar-refractivity contribution in [2.24, 2.45) is 5.92 Å². The number of urea groups is 1. The molecule has 3 heterocycles. The van der Waals surface area contributed by atoms with Gasteiger partial charge in [-0.1, -0.05) is 30.3 Å². The summed E-state index contributed by atoms with van der Waals surface area (Å²) < 4.78 is 0. The van der Waals surface area contributed by atoms with Gasteiger partial charge in [-0.25, -0.2) is 4.79 Å². The number of nitrogens with zero attached hydrogens (tertiary/aromatic N) is 4. The van der Waals surface area contributed by atoms with E-state index in [1.807, 2.05) is 45.0 Å². The number of hydrogen-bond donors (Lipinski definition) is 1. The molecule has 3 aliphatic rings. The molecule has 0 unspecified atom stereocenters. The number of carbonyl (C=O) groups excluding carboxylic acids is 3. The first-order chi connectivity index (χ1) is 15.6. The van der Waals surface area contributed by atoms with Crippen molar-refractivity contribution in [1.82, 2.24) is 24.9 Å². The molecule has 0 atom stereocenters. The Hall–Kier alpha value is -2.61. The van der Waals surface area contributed by atoms with Crippen molar-refractivity contribution < 1.29 is 14.4 Å². The summed E-state index contributed by atoms with van der Waals surface area (Å²) in [7, 11) is 0. The van der Waals surface area contributed by atoms with E-state index >= 15 is 0 Å². The maximum Gasteiger partial charge on any atom is 0.319 e. The Morgan fingerprint density at radius 3 is 2.06 bits per heavy atom. The number of rotatable bonds is 5. The summed E-state index contributed by atoms with van der Waals surface area (Å²) in [4.78, 5) is 45.7. The van der Waals surface area contributed by atoms with Crippen LogP contribution in [0.5, 0.6) is 0 Å². The molecule has 174 valence electrons. The van der Waals surface area contributed by atoms with Gasteiger partial charge in [-0.15, -0.1) is 0 Å². The molecule has 1 aromatic rings. The number of hydrogen-bond acceptors (Lipinski definition) is 4. The summed E-state index contributed by atoms with van der Waals surface area (Å²) >= 11 is 0. The SMILES string of the molecule is O=C(CN1CCN(C(=O)C2CCN(C(=O)N3CCCC3)CC2)CC1)NCc1ccccc1. The van der Waals surface area contributed by atoms with E-state index in [9.17, 15) is 14.4 Å². The van der Waals surface area contributed by atoms with Crippen LogP contribution in [0.3, 0.4) is 0 Å². The number of likely N-dealkylation sites (tertiary alicyclic amines) is 2. The van der Waals surface area contributed by atoms with Crippen LogP contribution in [0.1, 0.15) is 31.2 Å². The molecule has 0 radical (unpaired) electrons. The lowest BCUT2D eigenvalue weighted by Crippen LogP contribution is -2.53. The normalized spacial score (nSPS) is 20.4. The Balaban J connectivity index is 1.15. The molecule has 4 rings (SSSR count). The lowest BCUT2D eigenvalue weighted by Gasteiger charge is -2.39. The zero-order valence-corrected chi connectivity index (χ0v) is 18.9. The van der Waals surface area contributed by atoms with Crippen molar-refractivity contribution in [3.63, 3.8) is 0 Å². The quantitative estimate of drug-likeness (QED) is 0.749. The van der Waals surface area contributed by atoms with Crippen LogP contribution in [0.15, 0.2) is 30.3 Å². The molecular weight excluding hydrogens is 406 g/mol. The van der Waals surface area contributed by atoms with Gasteiger partial charge >= 0.3 is 6.03 Å². The minimum atomic E-state index is 0.0124. The Bertz CT molecular complexity index is 780. The average molecular weight is 442 g/mol. The first kappa shape index (κ1) is 22.6. The van der Waals surface area contributed by atoms with Crippen molar-refractivity contribution >= 4 is 17.8 Å². The monoisotopic (exact) mass is 441 g/mol. The third-order valence-corrected chi connectivity index (χ3v) is 6.87. The van der Waals surface area contributed by atoms with Crippen LogP contribution in [-0.4, -0.2) is 96.3 Å². The van der Waals surface area contributed by atoms with Gasteiger partial charge < -0.3 is 20.0 Å². The van der Waals surface area contributed by atoms with Crippen LogP contribution in [-0.2, 0) is 16.1 Å². The lowest BCUT2D eigenvalue weighted by molar-refractivity contribution is -0.138. The highest BCUT2D eigenvalue weighted by Crippen LogP contribution is 2.22. The van der Waals surface area contributed by atoms with Crippen LogP contribution >= 0.6 is 0 Å². The van der Waals surface area contributed by atoms with Gasteiger partial charge in [-0.3, -0.25) is 14.5 Å². The van der Waals surface area contributed by atoms with E-state index in [-0.39, 0.29) is 23.8 Å². The van der Waals surface area contributed by atoms with Gasteiger partial charge in [0.25, 0.3) is 0 Å². The van der Waals surface area contributed by atoms with Crippen molar-refractivity contribution in [2.75, 3.05) is 58.9 Å². The highest BCUT2D eigenvalue weighted by Gasteiger charge is 2.33. The average Bonchev–Trinajstić information content (AvgIpc) is 3.38. The highest BCUT2D eigenvalue weighted by atomic mass is 16.2. The maximum atomic E-state index is 13.0. The van der Waals surface area contributed by atoms with Gasteiger partial charge in [0, 0.05) is 64.8 Å². The van der Waals surface area contributed by atoms with E-state index in [2.05, 4.69) is 10.2 Å². The predicted molar refractivity (Wildman–Crippen MR) is 122 cm³/mol. The molecule has 4 amide bonds. The van der Waals surface area contributed by atoms with E-state index in [0.29, 0.717) is 39.3 Å². The molecular formula is C24H35N5O3. The third-order valence-electron chi connectivity index (χ3n) is 6.87. The topological polar surface area (TPSA) is 76.2 Å². The van der Waals surface area contributed by atoms with E-state index in [4.69, 9.17) is 0 Å². The smallest absolute Gasteiger partial charge is 0.319 e. The van der Waals surface area contributed by atoms with Crippen LogP contribution < -0.4 is 5.32 Å². The largest absolute Gasteiger partial charge is 0.351 e. The summed E-state index contributed by atoms with van der Waals surface area (Å²) in [5.74, 6) is 0.244. The summed E-state index contributed by atoms with van der Waals surface area (Å²) in [6.07, 6.45) is 3.70. The molecule has 0 bridgehead atoms. The van der Waals surface area contributed by atoms with Gasteiger partial charge in [0.1, 0.15) is 0 Å². The Labute approximate surface area is 190 Å². The number of carbonyl (C=O) groups is 3. The second-order valence-corrected chi connectivity index (χ2v) is 9.10. The molecule has 0 spiro atoms. The van der Waals surface area contributed by atoms with Crippen LogP contribution in [0.2, 0.25) is 0 Å². The summed E-state index contributed by atoms with van der Waals surface area (Å²) in [5.41, 5.74) is 1.09. The first-order valence-corrected chi connectivity index (χ1v) is 12.0. The van der Waals surface area contributed by atoms with Crippen molar-refractivity contribution in [1.29, 1.82) is 0 Å². The Morgan fingerprint density at radius 1 is 0.781 bits per heavy atom. The van der Waals surface area contributed by atoms with Crippen LogP contribution in [0, 0.1) is 5.92 Å². The Morgan fingerprint density at radius 2 is 1.41 bits per heavy atom. The molecule has 0 aliphatic carbocycles. The minimum absolute atomic E-state index is 0.0124. The van der Waals surface area contributed by atoms with Crippen LogP contribution in [0.25, 0.3) is 0 Å². The second kappa shape index (κ2) is 10.8. The standard InChI is InChI=1S/C24H35N5O3/c30-22(25-18-20-6-2-1-3-7-20)19-26-14-16-27(17-15-26)23(31)21-8-12-29(13-9-21)24(32)28-10-4-5-11-28/h1-3,6-7,21H,4-5,8-19H2,(H,25,30). The first-order valence-electron chi connectivity index (χ1n) is 12.0. The molecule has 3 saturated heterocycles. The minimum Gasteiger partial charge on any atom is -0.351 e. The molecule has 0 saturated carbocycles. The predicted octanol–water partition coefficient (Wildman–Crippen LogP) is 1.37. The van der Waals surface area contributed by atoms with E-state index < -0.39 is 0 Å². The van der Waals surface area contributed by atoms with E-state index in [1.165, 1.54) is 0 Å². The molecule has 8 heteroatoms. The number of piperidine rings is 1. The van der Waals surface area contributed by atoms with Crippen molar-refractivity contribution in [3.8, 4) is 0 Å². The molecule has 1 aromatic carbocycles. The molecule has 3 aliphatic heterocycles. The van der Waals surface area contributed by atoms with Gasteiger partial charge in [-0.05, 0) is 31.2 Å². The van der Waals surface area contributed by atoms with Crippen molar-refractivity contribution in [3.05, 3.63) is 35.9 Å². The second-order valence-electron chi connectivity index (χ2n) is 9.10. The number of piperazine rings is 1. The molecule has 3 fully saturated rings. The number of amides is 4. The van der Waals surface area contributed by atoms with Gasteiger partial charge in [0.2, 0.25) is 11.8 Å². The molecule has 1 N–H and O–H groups in total. The summed E-state index contributed by atoms with van der Waals surface area (Å²) in [6.45, 7) is 6.76.